The molecule has 5 fully saturated rings. The summed E-state index contributed by atoms with van der Waals surface area (Å²) in [5.41, 5.74) is -3.41. The van der Waals surface area contributed by atoms with Crippen LogP contribution >= 0.6 is 0 Å². The second-order valence-corrected chi connectivity index (χ2v) is 13.7. The zero-order valence-electron chi connectivity index (χ0n) is 26.2. The van der Waals surface area contributed by atoms with E-state index < -0.39 is 58.0 Å². The van der Waals surface area contributed by atoms with Crippen molar-refractivity contribution in [3.8, 4) is 5.75 Å². The molecule has 44 heavy (non-hydrogen) atoms. The van der Waals surface area contributed by atoms with E-state index in [9.17, 15) is 14.7 Å². The number of carbonyl (C=O) groups excluding carboxylic acids is 2. The lowest BCUT2D eigenvalue weighted by atomic mass is 9.44. The third-order valence-electron chi connectivity index (χ3n) is 12.4. The topological polar surface area (TPSA) is 131 Å². The molecule has 1 aliphatic heterocycles. The number of benzene rings is 1. The number of nitrogens with zero attached hydrogens (tertiary/aromatic N) is 1. The smallest absolute Gasteiger partial charge is 0.338 e. The molecule has 6 aliphatic rings. The summed E-state index contributed by atoms with van der Waals surface area (Å²) in [5, 5.41) is 12.7. The van der Waals surface area contributed by atoms with Gasteiger partial charge in [-0.15, -0.1) is 0 Å². The second-order valence-electron chi connectivity index (χ2n) is 13.7. The van der Waals surface area contributed by atoms with Crippen molar-refractivity contribution in [2.24, 2.45) is 39.5 Å². The summed E-state index contributed by atoms with van der Waals surface area (Å²) in [6.07, 6.45) is 1.78. The van der Waals surface area contributed by atoms with Gasteiger partial charge in [0.1, 0.15) is 23.1 Å². The molecule has 1 aromatic carbocycles. The molecule has 1 spiro atoms. The predicted molar refractivity (Wildman–Crippen MR) is 155 cm³/mol. The Balaban J connectivity index is 1.43. The molecule has 0 unspecified atom stereocenters. The van der Waals surface area contributed by atoms with Crippen molar-refractivity contribution >= 4 is 18.2 Å². The third-order valence-corrected chi connectivity index (χ3v) is 12.4. The van der Waals surface area contributed by atoms with Crippen molar-refractivity contribution in [1.29, 1.82) is 0 Å². The van der Waals surface area contributed by atoms with Crippen molar-refractivity contribution in [3.63, 3.8) is 0 Å². The fourth-order valence-electron chi connectivity index (χ4n) is 11.4. The first-order valence-corrected chi connectivity index (χ1v) is 15.5. The van der Waals surface area contributed by atoms with Gasteiger partial charge >= 0.3 is 11.9 Å². The molecule has 1 aromatic rings. The van der Waals surface area contributed by atoms with Crippen molar-refractivity contribution in [3.05, 3.63) is 29.8 Å². The van der Waals surface area contributed by atoms with Gasteiger partial charge in [-0.2, -0.15) is 0 Å². The standard InChI is InChI=1S/C33H43NO10/c1-17(35)44-32-14-22(41-5)31(37)13-20(23(32)28(31)43-29(36)18-7-9-19(39-3)10-8-18)33-21(40-4)11-12-30(16-38-2)15-34-27(33)24(32)25(42-6)26(30)33/h7-10,15,20-28,37H,11-14,16H2,1-6H3/t20-,21+,22+,23-,24+,25+,26-,27-,28-,30+,31-,32-,33+/m1/s1. The minimum Gasteiger partial charge on any atom is -0.497 e. The first kappa shape index (κ1) is 30.1. The maximum atomic E-state index is 13.8. The van der Waals surface area contributed by atoms with Crippen molar-refractivity contribution < 1.29 is 47.9 Å². The van der Waals surface area contributed by atoms with Gasteiger partial charge < -0.3 is 38.3 Å². The van der Waals surface area contributed by atoms with Gasteiger partial charge in [-0.1, -0.05) is 0 Å². The van der Waals surface area contributed by atoms with Crippen LogP contribution in [-0.2, 0) is 33.2 Å². The van der Waals surface area contributed by atoms with Gasteiger partial charge in [-0.3, -0.25) is 9.79 Å². The van der Waals surface area contributed by atoms with Gasteiger partial charge in [-0.05, 0) is 49.4 Å². The summed E-state index contributed by atoms with van der Waals surface area (Å²) >= 11 is 0. The maximum absolute atomic E-state index is 13.8. The molecule has 1 N–H and O–H groups in total. The lowest BCUT2D eigenvalue weighted by Crippen LogP contribution is -2.73. The quantitative estimate of drug-likeness (QED) is 0.415. The average molecular weight is 614 g/mol. The van der Waals surface area contributed by atoms with Crippen molar-refractivity contribution in [2.45, 2.75) is 74.3 Å². The highest BCUT2D eigenvalue weighted by atomic mass is 16.6. The van der Waals surface area contributed by atoms with Crippen LogP contribution in [0.15, 0.2) is 29.3 Å². The molecule has 13 atom stereocenters. The fraction of sp³-hybridized carbons (Fsp3) is 0.727. The number of methoxy groups -OCH3 is 5. The Morgan fingerprint density at radius 2 is 1.70 bits per heavy atom. The van der Waals surface area contributed by atoms with Crippen LogP contribution in [0.1, 0.15) is 43.0 Å². The van der Waals surface area contributed by atoms with Crippen LogP contribution in [0.5, 0.6) is 5.75 Å². The molecule has 1 heterocycles. The highest BCUT2D eigenvalue weighted by Crippen LogP contribution is 2.79. The number of ether oxygens (including phenoxy) is 7. The monoisotopic (exact) mass is 613 g/mol. The SMILES string of the molecule is COC[C@]12C=N[C@@H]3[C@@H]4[C@H](OC)[C@H]1[C@@]3([C@@H](OC)CC2)[C@@H]1C[C@@]2(O)[C@@H](OC)C[C@@]4(OC(C)=O)[C@H]1[C@H]2OC(=O)c1ccc(OC)cc1. The van der Waals surface area contributed by atoms with Gasteiger partial charge in [0.05, 0.1) is 43.6 Å². The molecule has 240 valence electrons. The Labute approximate surface area is 257 Å². The molecule has 0 saturated heterocycles. The minimum atomic E-state index is -1.53. The van der Waals surface area contributed by atoms with Crippen molar-refractivity contribution in [1.82, 2.24) is 0 Å². The minimum absolute atomic E-state index is 0.0875. The molecular weight excluding hydrogens is 570 g/mol. The summed E-state index contributed by atoms with van der Waals surface area (Å²) in [4.78, 5) is 32.1. The van der Waals surface area contributed by atoms with E-state index in [1.165, 1.54) is 14.0 Å². The van der Waals surface area contributed by atoms with Gasteiger partial charge in [0.15, 0.2) is 0 Å². The first-order valence-electron chi connectivity index (χ1n) is 15.5. The Morgan fingerprint density at radius 1 is 0.977 bits per heavy atom. The number of hydrogen-bond donors (Lipinski definition) is 1. The number of fused-ring (bicyclic) bond motifs is 2. The van der Waals surface area contributed by atoms with Gasteiger partial charge in [0.25, 0.3) is 0 Å². The number of hydrogen-bond acceptors (Lipinski definition) is 11. The fourth-order valence-corrected chi connectivity index (χ4v) is 11.4. The molecule has 5 aliphatic carbocycles. The normalized spacial score (nSPS) is 47.3. The Hall–Kier alpha value is -2.57. The highest BCUT2D eigenvalue weighted by Gasteiger charge is 2.89. The van der Waals surface area contributed by atoms with E-state index in [4.69, 9.17) is 38.2 Å². The molecule has 11 nitrogen and oxygen atoms in total. The molecule has 5 saturated carbocycles. The lowest BCUT2D eigenvalue weighted by molar-refractivity contribution is -0.264. The lowest BCUT2D eigenvalue weighted by Gasteiger charge is -2.64. The highest BCUT2D eigenvalue weighted by molar-refractivity contribution is 5.89. The summed E-state index contributed by atoms with van der Waals surface area (Å²) in [6.45, 7) is 1.86. The third kappa shape index (κ3) is 3.53. The summed E-state index contributed by atoms with van der Waals surface area (Å²) in [7, 11) is 8.24. The van der Waals surface area contributed by atoms with E-state index >= 15 is 0 Å². The molecule has 7 rings (SSSR count). The van der Waals surface area contributed by atoms with Crippen LogP contribution < -0.4 is 4.74 Å². The van der Waals surface area contributed by atoms with Crippen LogP contribution in [0.25, 0.3) is 0 Å². The summed E-state index contributed by atoms with van der Waals surface area (Å²) < 4.78 is 42.8. The van der Waals surface area contributed by atoms with Gasteiger partial charge in [0.2, 0.25) is 0 Å². The Kier molecular flexibility index (Phi) is 6.99. The predicted octanol–water partition coefficient (Wildman–Crippen LogP) is 2.46. The first-order chi connectivity index (χ1) is 21.1. The van der Waals surface area contributed by atoms with E-state index in [-0.39, 0.29) is 42.9 Å². The molecule has 0 radical (unpaired) electrons. The van der Waals surface area contributed by atoms with Crippen molar-refractivity contribution in [2.75, 3.05) is 42.2 Å². The largest absolute Gasteiger partial charge is 0.497 e. The van der Waals surface area contributed by atoms with Crippen LogP contribution in [-0.4, -0.2) is 107 Å². The summed E-state index contributed by atoms with van der Waals surface area (Å²) in [5.74, 6) is -1.74. The Bertz CT molecular complexity index is 1350. The number of aliphatic imine (C=N–C) groups is 1. The zero-order valence-corrected chi connectivity index (χ0v) is 26.2. The van der Waals surface area contributed by atoms with E-state index in [1.807, 2.05) is 0 Å². The van der Waals surface area contributed by atoms with Crippen LogP contribution in [0.2, 0.25) is 0 Å². The second kappa shape index (κ2) is 10.2. The number of aliphatic hydroxyl groups is 1. The molecule has 11 heteroatoms. The number of rotatable bonds is 9. The van der Waals surface area contributed by atoms with E-state index in [0.29, 0.717) is 17.9 Å². The van der Waals surface area contributed by atoms with Crippen LogP contribution in [0.3, 0.4) is 0 Å². The van der Waals surface area contributed by atoms with Crippen LogP contribution in [0.4, 0.5) is 0 Å². The Morgan fingerprint density at radius 3 is 2.32 bits per heavy atom. The zero-order chi connectivity index (χ0) is 31.2. The average Bonchev–Trinajstić information content (AvgIpc) is 3.36. The number of esters is 2. The van der Waals surface area contributed by atoms with E-state index in [1.54, 1.807) is 52.7 Å². The maximum Gasteiger partial charge on any atom is 0.338 e. The molecule has 0 amide bonds. The van der Waals surface area contributed by atoms with Crippen LogP contribution in [0, 0.1) is 34.5 Å². The molecule has 0 aromatic heterocycles. The van der Waals surface area contributed by atoms with E-state index in [0.717, 1.165) is 12.8 Å². The van der Waals surface area contributed by atoms with Gasteiger partial charge in [-0.25, -0.2) is 4.79 Å². The molecular formula is C33H43NO10. The number of carbonyl (C=O) groups is 2. The molecule has 7 bridgehead atoms. The van der Waals surface area contributed by atoms with E-state index in [2.05, 4.69) is 6.21 Å². The van der Waals surface area contributed by atoms with Gasteiger partial charge in [0, 0.05) is 76.6 Å². The summed E-state index contributed by atoms with van der Waals surface area (Å²) in [6, 6.07) is 6.35.